The van der Waals surface area contributed by atoms with Crippen LogP contribution >= 0.6 is 0 Å². The van der Waals surface area contributed by atoms with Crippen molar-refractivity contribution in [3.8, 4) is 0 Å². The van der Waals surface area contributed by atoms with Gasteiger partial charge in [0.15, 0.2) is 0 Å². The quantitative estimate of drug-likeness (QED) is 0.905. The molecule has 0 saturated heterocycles. The zero-order chi connectivity index (χ0) is 14.8. The highest BCUT2D eigenvalue weighted by Gasteiger charge is 2.55. The lowest BCUT2D eigenvalue weighted by atomic mass is 9.59. The summed E-state index contributed by atoms with van der Waals surface area (Å²) in [7, 11) is 0. The second-order valence-electron chi connectivity index (χ2n) is 6.07. The number of rotatable bonds is 4. The van der Waals surface area contributed by atoms with Crippen molar-refractivity contribution in [2.45, 2.75) is 30.1 Å². The normalized spacial score (nSPS) is 28.7. The first-order chi connectivity index (χ1) is 10.3. The molecular weight excluding hydrogens is 260 g/mol. The summed E-state index contributed by atoms with van der Waals surface area (Å²) in [6.07, 6.45) is 2.83. The maximum atomic E-state index is 10.3. The topological polar surface area (TPSA) is 40.5 Å². The predicted octanol–water partition coefficient (Wildman–Crippen LogP) is 3.03. The molecule has 0 heterocycles. The van der Waals surface area contributed by atoms with Gasteiger partial charge in [0, 0.05) is 10.8 Å². The van der Waals surface area contributed by atoms with E-state index in [1.165, 1.54) is 0 Å². The highest BCUT2D eigenvalue weighted by atomic mass is 16.3. The fraction of sp³-hybridized carbons (Fsp3) is 0.368. The Morgan fingerprint density at radius 3 is 1.38 bits per heavy atom. The Morgan fingerprint density at radius 2 is 1.05 bits per heavy atom. The Balaban J connectivity index is 2.19. The molecule has 0 bridgehead atoms. The van der Waals surface area contributed by atoms with Gasteiger partial charge in [-0.15, -0.1) is 0 Å². The van der Waals surface area contributed by atoms with E-state index in [1.54, 1.807) is 0 Å². The molecule has 1 aliphatic carbocycles. The summed E-state index contributed by atoms with van der Waals surface area (Å²) >= 11 is 0. The lowest BCUT2D eigenvalue weighted by molar-refractivity contribution is 0.0796. The van der Waals surface area contributed by atoms with Gasteiger partial charge in [-0.1, -0.05) is 67.1 Å². The molecule has 1 aliphatic rings. The number of hydrogen-bond donors (Lipinski definition) is 2. The second kappa shape index (κ2) is 5.63. The predicted molar refractivity (Wildman–Crippen MR) is 84.3 cm³/mol. The van der Waals surface area contributed by atoms with Crippen LogP contribution in [-0.4, -0.2) is 23.4 Å². The largest absolute Gasteiger partial charge is 0.395 e. The van der Waals surface area contributed by atoms with Crippen LogP contribution in [0.2, 0.25) is 0 Å². The molecule has 0 aromatic heterocycles. The summed E-state index contributed by atoms with van der Waals surface area (Å²) in [6, 6.07) is 20.3. The number of aliphatic hydroxyl groups excluding tert-OH is 2. The molecule has 2 atom stereocenters. The van der Waals surface area contributed by atoms with Crippen LogP contribution in [0.5, 0.6) is 0 Å². The van der Waals surface area contributed by atoms with E-state index in [2.05, 4.69) is 24.3 Å². The van der Waals surface area contributed by atoms with Crippen LogP contribution in [0.1, 0.15) is 30.4 Å². The van der Waals surface area contributed by atoms with E-state index in [-0.39, 0.29) is 13.2 Å². The van der Waals surface area contributed by atoms with E-state index < -0.39 is 10.8 Å². The molecule has 2 aromatic carbocycles. The Kier molecular flexibility index (Phi) is 3.83. The zero-order valence-electron chi connectivity index (χ0n) is 12.2. The van der Waals surface area contributed by atoms with Crippen LogP contribution in [0, 0.1) is 0 Å². The van der Waals surface area contributed by atoms with E-state index in [4.69, 9.17) is 0 Å². The SMILES string of the molecule is OC[C@@]1(c2ccccc2)CCC[C@@]1(CO)c1ccccc1. The Labute approximate surface area is 126 Å². The molecule has 2 N–H and O–H groups in total. The Hall–Kier alpha value is -1.64. The van der Waals surface area contributed by atoms with Crippen LogP contribution < -0.4 is 0 Å². The molecule has 2 aromatic rings. The molecule has 0 radical (unpaired) electrons. The maximum Gasteiger partial charge on any atom is 0.0537 e. The van der Waals surface area contributed by atoms with Gasteiger partial charge in [0.2, 0.25) is 0 Å². The van der Waals surface area contributed by atoms with E-state index in [1.807, 2.05) is 36.4 Å². The second-order valence-corrected chi connectivity index (χ2v) is 6.07. The van der Waals surface area contributed by atoms with Gasteiger partial charge in [-0.2, -0.15) is 0 Å². The molecule has 0 aliphatic heterocycles. The number of benzene rings is 2. The lowest BCUT2D eigenvalue weighted by Gasteiger charge is -2.45. The van der Waals surface area contributed by atoms with Crippen molar-refractivity contribution < 1.29 is 10.2 Å². The molecule has 0 unspecified atom stereocenters. The third kappa shape index (κ3) is 2.02. The van der Waals surface area contributed by atoms with Crippen molar-refractivity contribution in [2.75, 3.05) is 13.2 Å². The van der Waals surface area contributed by atoms with Gasteiger partial charge in [-0.3, -0.25) is 0 Å². The summed E-state index contributed by atoms with van der Waals surface area (Å²) in [5.74, 6) is 0. The van der Waals surface area contributed by atoms with Crippen LogP contribution in [-0.2, 0) is 10.8 Å². The van der Waals surface area contributed by atoms with Gasteiger partial charge < -0.3 is 10.2 Å². The molecule has 3 rings (SSSR count). The first-order valence-electron chi connectivity index (χ1n) is 7.62. The van der Waals surface area contributed by atoms with Crippen molar-refractivity contribution >= 4 is 0 Å². The van der Waals surface area contributed by atoms with Crippen molar-refractivity contribution in [1.82, 2.24) is 0 Å². The van der Waals surface area contributed by atoms with Crippen LogP contribution in [0.4, 0.5) is 0 Å². The Bertz CT molecular complexity index is 528. The highest BCUT2D eigenvalue weighted by molar-refractivity contribution is 5.41. The lowest BCUT2D eigenvalue weighted by Crippen LogP contribution is -2.50. The molecule has 1 saturated carbocycles. The smallest absolute Gasteiger partial charge is 0.0537 e. The summed E-state index contributed by atoms with van der Waals surface area (Å²) in [5.41, 5.74) is 1.46. The third-order valence-corrected chi connectivity index (χ3v) is 5.32. The molecule has 2 nitrogen and oxygen atoms in total. The fourth-order valence-electron chi connectivity index (χ4n) is 4.17. The molecule has 21 heavy (non-hydrogen) atoms. The van der Waals surface area contributed by atoms with E-state index in [0.29, 0.717) is 0 Å². The van der Waals surface area contributed by atoms with E-state index >= 15 is 0 Å². The van der Waals surface area contributed by atoms with Gasteiger partial charge in [0.25, 0.3) is 0 Å². The minimum absolute atomic E-state index is 0.0620. The summed E-state index contributed by atoms with van der Waals surface area (Å²) in [6.45, 7) is 0.124. The number of aliphatic hydroxyl groups is 2. The molecular formula is C19H22O2. The van der Waals surface area contributed by atoms with Gasteiger partial charge in [0.05, 0.1) is 13.2 Å². The standard InChI is InChI=1S/C19H22O2/c20-14-18(16-8-3-1-4-9-16)12-7-13-19(18,15-21)17-10-5-2-6-11-17/h1-6,8-11,20-21H,7,12-15H2/t18-,19-/m1/s1. The summed E-state index contributed by atoms with van der Waals surface area (Å²) in [4.78, 5) is 0. The number of hydrogen-bond acceptors (Lipinski definition) is 2. The van der Waals surface area contributed by atoms with Crippen molar-refractivity contribution in [3.63, 3.8) is 0 Å². The Morgan fingerprint density at radius 1 is 0.667 bits per heavy atom. The molecule has 2 heteroatoms. The van der Waals surface area contributed by atoms with Gasteiger partial charge in [0.1, 0.15) is 0 Å². The zero-order valence-corrected chi connectivity index (χ0v) is 12.2. The molecule has 110 valence electrons. The highest BCUT2D eigenvalue weighted by Crippen LogP contribution is 2.55. The fourth-order valence-corrected chi connectivity index (χ4v) is 4.17. The van der Waals surface area contributed by atoms with E-state index in [0.717, 1.165) is 30.4 Å². The van der Waals surface area contributed by atoms with Gasteiger partial charge >= 0.3 is 0 Å². The van der Waals surface area contributed by atoms with Gasteiger partial charge in [-0.25, -0.2) is 0 Å². The summed E-state index contributed by atoms with van der Waals surface area (Å²) in [5, 5.41) is 20.6. The summed E-state index contributed by atoms with van der Waals surface area (Å²) < 4.78 is 0. The molecule has 0 spiro atoms. The van der Waals surface area contributed by atoms with E-state index in [9.17, 15) is 10.2 Å². The van der Waals surface area contributed by atoms with Crippen LogP contribution in [0.3, 0.4) is 0 Å². The average molecular weight is 282 g/mol. The molecule has 1 fully saturated rings. The third-order valence-electron chi connectivity index (χ3n) is 5.32. The maximum absolute atomic E-state index is 10.3. The molecule has 0 amide bonds. The first kappa shape index (κ1) is 14.3. The van der Waals surface area contributed by atoms with Crippen molar-refractivity contribution in [2.24, 2.45) is 0 Å². The van der Waals surface area contributed by atoms with Crippen LogP contribution in [0.15, 0.2) is 60.7 Å². The van der Waals surface area contributed by atoms with Crippen molar-refractivity contribution in [3.05, 3.63) is 71.8 Å². The minimum atomic E-state index is -0.398. The average Bonchev–Trinajstić information content (AvgIpc) is 2.97. The van der Waals surface area contributed by atoms with Gasteiger partial charge in [-0.05, 0) is 24.0 Å². The van der Waals surface area contributed by atoms with Crippen LogP contribution in [0.25, 0.3) is 0 Å². The monoisotopic (exact) mass is 282 g/mol. The minimum Gasteiger partial charge on any atom is -0.395 e. The van der Waals surface area contributed by atoms with Crippen molar-refractivity contribution in [1.29, 1.82) is 0 Å². The first-order valence-corrected chi connectivity index (χ1v) is 7.62.